The maximum absolute atomic E-state index is 13.1. The zero-order chi connectivity index (χ0) is 10.7. The van der Waals surface area contributed by atoms with Crippen molar-refractivity contribution < 1.29 is 8.78 Å². The summed E-state index contributed by atoms with van der Waals surface area (Å²) in [5.41, 5.74) is 0.931. The Balaban J connectivity index is 1.95. The van der Waals surface area contributed by atoms with Gasteiger partial charge in [0.2, 0.25) is 5.92 Å². The fraction of sp³-hybridized carbons (Fsp3) is 0.500. The Bertz CT molecular complexity index is 311. The van der Waals surface area contributed by atoms with Crippen LogP contribution in [0.15, 0.2) is 30.3 Å². The zero-order valence-electron chi connectivity index (χ0n) is 8.55. The molecule has 82 valence electrons. The second-order valence-electron chi connectivity index (χ2n) is 4.16. The van der Waals surface area contributed by atoms with Crippen LogP contribution in [0.4, 0.5) is 14.5 Å². The average molecular weight is 211 g/mol. The van der Waals surface area contributed by atoms with Gasteiger partial charge in [-0.3, -0.25) is 0 Å². The molecular formula is C12H15F2N. The van der Waals surface area contributed by atoms with Crippen LogP contribution in [-0.2, 0) is 0 Å². The highest BCUT2D eigenvalue weighted by molar-refractivity contribution is 5.43. The van der Waals surface area contributed by atoms with Gasteiger partial charge >= 0.3 is 0 Å². The molecule has 2 rings (SSSR count). The van der Waals surface area contributed by atoms with Crippen LogP contribution in [0.5, 0.6) is 0 Å². The maximum Gasteiger partial charge on any atom is 0.250 e. The molecule has 0 aromatic heterocycles. The van der Waals surface area contributed by atoms with Gasteiger partial charge in [0.25, 0.3) is 0 Å². The van der Waals surface area contributed by atoms with E-state index in [1.165, 1.54) is 0 Å². The van der Waals surface area contributed by atoms with Crippen LogP contribution in [0.2, 0.25) is 0 Å². The van der Waals surface area contributed by atoms with Crippen LogP contribution in [0.1, 0.15) is 25.7 Å². The van der Waals surface area contributed by atoms with Crippen LogP contribution < -0.4 is 5.32 Å². The minimum atomic E-state index is -2.48. The highest BCUT2D eigenvalue weighted by atomic mass is 19.3. The zero-order valence-corrected chi connectivity index (χ0v) is 8.55. The predicted octanol–water partition coefficient (Wildman–Crippen LogP) is 3.68. The normalized spacial score (nSPS) is 24.8. The molecular weight excluding hydrogens is 196 g/mol. The molecule has 0 heterocycles. The van der Waals surface area contributed by atoms with Crippen LogP contribution >= 0.6 is 0 Å². The summed E-state index contributed by atoms with van der Waals surface area (Å²) in [6.45, 7) is 0. The monoisotopic (exact) mass is 211 g/mol. The van der Waals surface area contributed by atoms with Gasteiger partial charge in [-0.1, -0.05) is 18.2 Å². The van der Waals surface area contributed by atoms with Gasteiger partial charge < -0.3 is 5.32 Å². The van der Waals surface area contributed by atoms with Crippen molar-refractivity contribution in [3.05, 3.63) is 30.3 Å². The molecule has 1 aromatic carbocycles. The summed E-state index contributed by atoms with van der Waals surface area (Å²) in [5.74, 6) is -2.48. The second-order valence-corrected chi connectivity index (χ2v) is 4.16. The lowest BCUT2D eigenvalue weighted by Gasteiger charge is -2.30. The molecule has 0 spiro atoms. The standard InChI is InChI=1S/C12H15F2N/c13-12(14)8-4-7-11(9-12)15-10-5-2-1-3-6-10/h1-3,5-6,11,15H,4,7-9H2. The Morgan fingerprint density at radius 2 is 1.93 bits per heavy atom. The fourth-order valence-electron chi connectivity index (χ4n) is 2.06. The van der Waals surface area contributed by atoms with Crippen molar-refractivity contribution in [2.45, 2.75) is 37.6 Å². The van der Waals surface area contributed by atoms with E-state index in [2.05, 4.69) is 5.32 Å². The van der Waals surface area contributed by atoms with Crippen LogP contribution in [-0.4, -0.2) is 12.0 Å². The third-order valence-electron chi connectivity index (χ3n) is 2.78. The molecule has 1 unspecified atom stereocenters. The molecule has 3 heteroatoms. The lowest BCUT2D eigenvalue weighted by atomic mass is 9.92. The predicted molar refractivity (Wildman–Crippen MR) is 57.3 cm³/mol. The topological polar surface area (TPSA) is 12.0 Å². The Kier molecular flexibility index (Phi) is 2.89. The minimum absolute atomic E-state index is 0.0398. The van der Waals surface area contributed by atoms with Gasteiger partial charge in [0.15, 0.2) is 0 Å². The number of hydrogen-bond acceptors (Lipinski definition) is 1. The van der Waals surface area contributed by atoms with Gasteiger partial charge in [-0.2, -0.15) is 0 Å². The molecule has 0 radical (unpaired) electrons. The summed E-state index contributed by atoms with van der Waals surface area (Å²) < 4.78 is 26.2. The number of hydrogen-bond donors (Lipinski definition) is 1. The third-order valence-corrected chi connectivity index (χ3v) is 2.78. The first kappa shape index (κ1) is 10.4. The number of nitrogens with one attached hydrogen (secondary N) is 1. The summed E-state index contributed by atoms with van der Waals surface area (Å²) in [5, 5.41) is 3.16. The van der Waals surface area contributed by atoms with Gasteiger partial charge in [-0.25, -0.2) is 8.78 Å². The Morgan fingerprint density at radius 1 is 1.20 bits per heavy atom. The second kappa shape index (κ2) is 4.17. The van der Waals surface area contributed by atoms with Crippen molar-refractivity contribution in [1.29, 1.82) is 0 Å². The number of benzene rings is 1. The first-order valence-corrected chi connectivity index (χ1v) is 5.35. The van der Waals surface area contributed by atoms with Crippen molar-refractivity contribution in [3.63, 3.8) is 0 Å². The highest BCUT2D eigenvalue weighted by Gasteiger charge is 2.36. The van der Waals surface area contributed by atoms with Crippen molar-refractivity contribution in [1.82, 2.24) is 0 Å². The Morgan fingerprint density at radius 3 is 2.60 bits per heavy atom. The molecule has 1 nitrogen and oxygen atoms in total. The highest BCUT2D eigenvalue weighted by Crippen LogP contribution is 2.34. The molecule has 1 atom stereocenters. The lowest BCUT2D eigenvalue weighted by molar-refractivity contribution is -0.0373. The summed E-state index contributed by atoms with van der Waals surface area (Å²) in [7, 11) is 0. The maximum atomic E-state index is 13.1. The van der Waals surface area contributed by atoms with E-state index >= 15 is 0 Å². The first-order valence-electron chi connectivity index (χ1n) is 5.35. The molecule has 0 amide bonds. The molecule has 1 aromatic rings. The van der Waals surface area contributed by atoms with E-state index in [1.54, 1.807) is 0 Å². The third kappa shape index (κ3) is 2.91. The van der Waals surface area contributed by atoms with E-state index < -0.39 is 5.92 Å². The SMILES string of the molecule is FC1(F)CCCC(Nc2ccccc2)C1. The summed E-state index contributed by atoms with van der Waals surface area (Å²) >= 11 is 0. The van der Waals surface area contributed by atoms with E-state index in [0.717, 1.165) is 12.1 Å². The number of para-hydroxylation sites is 1. The van der Waals surface area contributed by atoms with Gasteiger partial charge in [-0.15, -0.1) is 0 Å². The van der Waals surface area contributed by atoms with Gasteiger partial charge in [0.1, 0.15) is 0 Å². The van der Waals surface area contributed by atoms with E-state index in [1.807, 2.05) is 30.3 Å². The summed E-state index contributed by atoms with van der Waals surface area (Å²) in [6.07, 6.45) is 1.45. The Hall–Kier alpha value is -1.12. The summed E-state index contributed by atoms with van der Waals surface area (Å²) in [6, 6.07) is 9.46. The summed E-state index contributed by atoms with van der Waals surface area (Å²) in [4.78, 5) is 0. The van der Waals surface area contributed by atoms with Crippen molar-refractivity contribution in [3.8, 4) is 0 Å². The van der Waals surface area contributed by atoms with Gasteiger partial charge in [-0.05, 0) is 25.0 Å². The quantitative estimate of drug-likeness (QED) is 0.786. The minimum Gasteiger partial charge on any atom is -0.382 e. The lowest BCUT2D eigenvalue weighted by Crippen LogP contribution is -2.34. The van der Waals surface area contributed by atoms with E-state index in [-0.39, 0.29) is 18.9 Å². The largest absolute Gasteiger partial charge is 0.382 e. The molecule has 1 fully saturated rings. The number of alkyl halides is 2. The van der Waals surface area contributed by atoms with Crippen LogP contribution in [0, 0.1) is 0 Å². The smallest absolute Gasteiger partial charge is 0.250 e. The van der Waals surface area contributed by atoms with Crippen molar-refractivity contribution in [2.75, 3.05) is 5.32 Å². The number of halogens is 2. The average Bonchev–Trinajstić information content (AvgIpc) is 2.17. The van der Waals surface area contributed by atoms with E-state index in [0.29, 0.717) is 6.42 Å². The Labute approximate surface area is 88.5 Å². The molecule has 0 saturated heterocycles. The van der Waals surface area contributed by atoms with Crippen molar-refractivity contribution >= 4 is 5.69 Å². The number of anilines is 1. The van der Waals surface area contributed by atoms with E-state index in [4.69, 9.17) is 0 Å². The molecule has 1 aliphatic rings. The molecule has 1 aliphatic carbocycles. The fourth-order valence-corrected chi connectivity index (χ4v) is 2.06. The van der Waals surface area contributed by atoms with E-state index in [9.17, 15) is 8.78 Å². The first-order chi connectivity index (χ1) is 7.16. The molecule has 0 aliphatic heterocycles. The van der Waals surface area contributed by atoms with Crippen LogP contribution in [0.3, 0.4) is 0 Å². The molecule has 15 heavy (non-hydrogen) atoms. The molecule has 0 bridgehead atoms. The van der Waals surface area contributed by atoms with Crippen LogP contribution in [0.25, 0.3) is 0 Å². The number of rotatable bonds is 2. The van der Waals surface area contributed by atoms with Gasteiger partial charge in [0.05, 0.1) is 0 Å². The van der Waals surface area contributed by atoms with Gasteiger partial charge in [0, 0.05) is 24.6 Å². The molecule has 1 saturated carbocycles. The molecule has 1 N–H and O–H groups in total. The van der Waals surface area contributed by atoms with Crippen molar-refractivity contribution in [2.24, 2.45) is 0 Å².